The number of esters is 1. The second-order valence-electron chi connectivity index (χ2n) is 31.5. The number of carbonyl (C=O) groups excluding carboxylic acids is 1. The largest absolute Gasteiger partial charge is 0.432 e. The second-order valence-corrected chi connectivity index (χ2v) is 31.5. The third-order valence-corrected chi connectivity index (χ3v) is 25.4. The highest BCUT2D eigenvalue weighted by molar-refractivity contribution is 5.79. The topological polar surface area (TPSA) is 492 Å². The molecule has 11 rings (SSSR count). The van der Waals surface area contributed by atoms with Crippen LogP contribution in [-0.4, -0.2) is 315 Å². The van der Waals surface area contributed by atoms with Crippen molar-refractivity contribution in [1.82, 2.24) is 0 Å². The van der Waals surface area contributed by atoms with Crippen LogP contribution in [0.25, 0.3) is 0 Å². The van der Waals surface area contributed by atoms with Gasteiger partial charge >= 0.3 is 5.97 Å². The van der Waals surface area contributed by atoms with Crippen molar-refractivity contribution in [1.29, 1.82) is 0 Å². The third-order valence-electron chi connectivity index (χ3n) is 25.4. The Morgan fingerprint density at radius 1 is 0.542 bits per heavy atom. The van der Waals surface area contributed by atoms with Gasteiger partial charge in [-0.2, -0.15) is 0 Å². The van der Waals surface area contributed by atoms with E-state index in [0.29, 0.717) is 57.8 Å². The summed E-state index contributed by atoms with van der Waals surface area (Å²) in [6, 6.07) is 0. The number of hydrogen-bond donors (Lipinski definition) is 18. The Morgan fingerprint density at radius 2 is 1.12 bits per heavy atom. The first kappa shape index (κ1) is 75.2. The summed E-state index contributed by atoms with van der Waals surface area (Å²) in [5.41, 5.74) is -4.48. The van der Waals surface area contributed by atoms with Gasteiger partial charge < -0.3 is 149 Å². The molecule has 0 radical (unpaired) electrons. The molecule has 6 saturated heterocycles. The van der Waals surface area contributed by atoms with Crippen molar-refractivity contribution < 1.29 is 154 Å². The van der Waals surface area contributed by atoms with Crippen molar-refractivity contribution in [3.63, 3.8) is 0 Å². The number of aliphatic hydroxyl groups excluding tert-OH is 17. The fourth-order valence-electron chi connectivity index (χ4n) is 19.0. The first-order chi connectivity index (χ1) is 45.0. The molecule has 37 unspecified atom stereocenters. The van der Waals surface area contributed by atoms with Gasteiger partial charge in [0.1, 0.15) is 122 Å². The minimum absolute atomic E-state index is 0.0901. The molecule has 31 nitrogen and oxygen atoms in total. The number of allylic oxidation sites excluding steroid dienone is 2. The van der Waals surface area contributed by atoms with Gasteiger partial charge in [0.15, 0.2) is 31.5 Å². The van der Waals surface area contributed by atoms with E-state index in [1.165, 1.54) is 19.4 Å². The zero-order valence-corrected chi connectivity index (χ0v) is 55.6. The van der Waals surface area contributed by atoms with Crippen LogP contribution in [0, 0.1) is 50.2 Å². The standard InChI is InChI=1S/C65H106O31/c1-26-36(69)40(73)45(78)55(88-26)94-49-31(21-67)91-53(47(80)43(49)76)86-24-65(84)25-87-54(48(81)51(65)82)96-58(83)64-17-15-59(3,4)19-29(64)28-9-10-34-60(5)13-12-35(61(6,23-68)33(60)11-14-63(34,8)62(28,7)16-18-64)93-52-44(77)39(72)32(22-85-52)92-57-50(42(75)38(71)30(20-66)90-57)95-56-46(79)41(74)37(70)27(2)89-56/h9,26-27,29-57,66-82,84H,10-25H2,1-8H3. The van der Waals surface area contributed by atoms with Gasteiger partial charge in [-0.25, -0.2) is 0 Å². The van der Waals surface area contributed by atoms with E-state index in [9.17, 15) is 91.9 Å². The van der Waals surface area contributed by atoms with E-state index < -0.39 is 233 Å². The van der Waals surface area contributed by atoms with Crippen LogP contribution in [0.5, 0.6) is 0 Å². The van der Waals surface area contributed by atoms with Crippen molar-refractivity contribution in [2.24, 2.45) is 50.2 Å². The van der Waals surface area contributed by atoms with E-state index >= 15 is 4.79 Å². The Balaban J connectivity index is 0.733. The molecule has 0 aromatic heterocycles. The highest BCUT2D eigenvalue weighted by Gasteiger charge is 2.71. The molecule has 96 heavy (non-hydrogen) atoms. The summed E-state index contributed by atoms with van der Waals surface area (Å²) in [6.07, 6.45) is -36.6. The lowest BCUT2D eigenvalue weighted by Crippen LogP contribution is -2.67. The van der Waals surface area contributed by atoms with Gasteiger partial charge in [0.25, 0.3) is 0 Å². The number of rotatable bonds is 16. The molecule has 37 atom stereocenters. The number of ether oxygens (including phenoxy) is 12. The van der Waals surface area contributed by atoms with E-state index in [0.717, 1.165) is 6.42 Å². The molecule has 18 N–H and O–H groups in total. The van der Waals surface area contributed by atoms with Gasteiger partial charge in [0, 0.05) is 5.41 Å². The molecule has 6 aliphatic heterocycles. The maximum absolute atomic E-state index is 15.2. The van der Waals surface area contributed by atoms with Crippen LogP contribution in [0.1, 0.15) is 120 Å². The van der Waals surface area contributed by atoms with Gasteiger partial charge in [-0.15, -0.1) is 0 Å². The van der Waals surface area contributed by atoms with Gasteiger partial charge in [0.2, 0.25) is 6.29 Å². The van der Waals surface area contributed by atoms with E-state index in [1.807, 2.05) is 6.92 Å². The Hall–Kier alpha value is -1.95. The lowest BCUT2D eigenvalue weighted by Gasteiger charge is -2.71. The number of carbonyl (C=O) groups is 1. The Labute approximate surface area is 556 Å². The molecule has 31 heteroatoms. The van der Waals surface area contributed by atoms with Gasteiger partial charge in [-0.1, -0.05) is 53.2 Å². The van der Waals surface area contributed by atoms with E-state index in [-0.39, 0.29) is 40.6 Å². The van der Waals surface area contributed by atoms with Crippen LogP contribution in [0.2, 0.25) is 0 Å². The third kappa shape index (κ3) is 12.7. The molecule has 6 heterocycles. The minimum atomic E-state index is -2.40. The molecule has 0 spiro atoms. The fourth-order valence-corrected chi connectivity index (χ4v) is 19.0. The van der Waals surface area contributed by atoms with Crippen molar-refractivity contribution in [2.45, 2.75) is 297 Å². The Morgan fingerprint density at radius 3 is 1.75 bits per heavy atom. The zero-order chi connectivity index (χ0) is 70.1. The lowest BCUT2D eigenvalue weighted by atomic mass is 9.33. The molecule has 0 aromatic rings. The summed E-state index contributed by atoms with van der Waals surface area (Å²) in [6.45, 7) is 12.2. The molecule has 0 amide bonds. The summed E-state index contributed by atoms with van der Waals surface area (Å²) < 4.78 is 70.5. The predicted molar refractivity (Wildman–Crippen MR) is 321 cm³/mol. The summed E-state index contributed by atoms with van der Waals surface area (Å²) >= 11 is 0. The van der Waals surface area contributed by atoms with E-state index in [1.54, 1.807) is 0 Å². The number of fused-ring (bicyclic) bond motifs is 7. The van der Waals surface area contributed by atoms with Crippen LogP contribution in [0.4, 0.5) is 0 Å². The van der Waals surface area contributed by atoms with Crippen molar-refractivity contribution in [3.8, 4) is 0 Å². The average molecular weight is 1380 g/mol. The first-order valence-electron chi connectivity index (χ1n) is 34.1. The second kappa shape index (κ2) is 27.9. The summed E-state index contributed by atoms with van der Waals surface area (Å²) in [5, 5.41) is 197. The summed E-state index contributed by atoms with van der Waals surface area (Å²) in [7, 11) is 0. The summed E-state index contributed by atoms with van der Waals surface area (Å²) in [4.78, 5) is 15.2. The number of hydrogen-bond acceptors (Lipinski definition) is 31. The highest BCUT2D eigenvalue weighted by atomic mass is 16.8. The van der Waals surface area contributed by atoms with Crippen LogP contribution in [-0.2, 0) is 61.6 Å². The van der Waals surface area contributed by atoms with Gasteiger partial charge in [0.05, 0.1) is 63.4 Å². The van der Waals surface area contributed by atoms with Crippen molar-refractivity contribution in [2.75, 3.05) is 39.6 Å². The van der Waals surface area contributed by atoms with Crippen LogP contribution < -0.4 is 0 Å². The first-order valence-corrected chi connectivity index (χ1v) is 34.1. The number of aliphatic hydroxyl groups is 18. The molecule has 10 fully saturated rings. The Bertz CT molecular complexity index is 2710. The van der Waals surface area contributed by atoms with Crippen LogP contribution >= 0.6 is 0 Å². The average Bonchev–Trinajstić information content (AvgIpc) is 0.675. The van der Waals surface area contributed by atoms with Crippen LogP contribution in [0.3, 0.4) is 0 Å². The molecule has 4 saturated carbocycles. The molecule has 11 aliphatic rings. The maximum atomic E-state index is 15.2. The Kier molecular flexibility index (Phi) is 21.9. The SMILES string of the molecule is CC1OC(OC2C(CO)OC(OCC3(O)COC(OC(=O)C45CCC(C)(C)CC4C4=CCC6C7(C)CCC(OC8OCC(OC9OC(CO)C(O)C(O)C9OC9OC(C)C(O)C(O)C9O)C(O)C8O)C(C)(CO)C7CCC6(C)C4(C)CC5)C(O)C3O)C(O)C2O)C(O)C(O)C1O. The molecular weight excluding hydrogens is 1280 g/mol. The van der Waals surface area contributed by atoms with Gasteiger partial charge in [-0.3, -0.25) is 4.79 Å². The zero-order valence-electron chi connectivity index (χ0n) is 55.6. The normalized spacial score (nSPS) is 55.1. The molecule has 552 valence electrons. The minimum Gasteiger partial charge on any atom is -0.432 e. The monoisotopic (exact) mass is 1380 g/mol. The van der Waals surface area contributed by atoms with Crippen molar-refractivity contribution >= 4 is 5.97 Å². The molecule has 5 aliphatic carbocycles. The molecule has 0 aromatic carbocycles. The quantitative estimate of drug-likeness (QED) is 0.0392. The predicted octanol–water partition coefficient (Wildman–Crippen LogP) is -4.72. The molecule has 0 bridgehead atoms. The smallest absolute Gasteiger partial charge is 0.315 e. The lowest BCUT2D eigenvalue weighted by molar-refractivity contribution is -0.382. The summed E-state index contributed by atoms with van der Waals surface area (Å²) in [5.74, 6) is -0.926. The highest BCUT2D eigenvalue weighted by Crippen LogP contribution is 2.76. The molecular formula is C65H106O31. The van der Waals surface area contributed by atoms with Crippen molar-refractivity contribution in [3.05, 3.63) is 11.6 Å². The van der Waals surface area contributed by atoms with Gasteiger partial charge in [-0.05, 0) is 117 Å². The fraction of sp³-hybridized carbons (Fsp3) is 0.954. The van der Waals surface area contributed by atoms with E-state index in [4.69, 9.17) is 56.8 Å². The van der Waals surface area contributed by atoms with E-state index in [2.05, 4.69) is 40.7 Å². The maximum Gasteiger partial charge on any atom is 0.315 e. The van der Waals surface area contributed by atoms with Crippen LogP contribution in [0.15, 0.2) is 11.6 Å².